The van der Waals surface area contributed by atoms with Crippen molar-refractivity contribution in [3.8, 4) is 0 Å². The van der Waals surface area contributed by atoms with Gasteiger partial charge in [0.2, 0.25) is 5.91 Å². The zero-order chi connectivity index (χ0) is 21.1. The molecule has 0 bridgehead atoms. The van der Waals surface area contributed by atoms with Gasteiger partial charge in [0.1, 0.15) is 0 Å². The maximum Gasteiger partial charge on any atom is 0.323 e. The first-order chi connectivity index (χ1) is 14.5. The highest BCUT2D eigenvalue weighted by molar-refractivity contribution is 5.96. The SMILES string of the molecule is CC(C(=O)Nc1ccc2[nH]c(=O)[nH]c2c1)N(C)Cc1ccccc1N1CCOCC1. The highest BCUT2D eigenvalue weighted by atomic mass is 16.5. The molecule has 1 unspecified atom stereocenters. The molecule has 1 fully saturated rings. The van der Waals surface area contributed by atoms with Gasteiger partial charge >= 0.3 is 5.69 Å². The Morgan fingerprint density at radius 2 is 1.90 bits per heavy atom. The third kappa shape index (κ3) is 4.39. The number of carbonyl (C=O) groups is 1. The molecule has 1 aliphatic heterocycles. The van der Waals surface area contributed by atoms with Crippen LogP contribution in [-0.2, 0) is 16.1 Å². The van der Waals surface area contributed by atoms with E-state index in [1.54, 1.807) is 18.2 Å². The maximum atomic E-state index is 12.8. The van der Waals surface area contributed by atoms with Gasteiger partial charge in [-0.3, -0.25) is 9.69 Å². The molecule has 1 aliphatic rings. The van der Waals surface area contributed by atoms with Gasteiger partial charge in [-0.2, -0.15) is 0 Å². The highest BCUT2D eigenvalue weighted by Gasteiger charge is 2.21. The van der Waals surface area contributed by atoms with Crippen LogP contribution in [0.3, 0.4) is 0 Å². The molecule has 1 amide bonds. The lowest BCUT2D eigenvalue weighted by molar-refractivity contribution is -0.120. The Kier molecular flexibility index (Phi) is 5.87. The number of para-hydroxylation sites is 1. The van der Waals surface area contributed by atoms with E-state index < -0.39 is 0 Å². The van der Waals surface area contributed by atoms with Crippen LogP contribution in [0.25, 0.3) is 11.0 Å². The van der Waals surface area contributed by atoms with E-state index in [0.717, 1.165) is 26.3 Å². The van der Waals surface area contributed by atoms with Crippen molar-refractivity contribution in [2.45, 2.75) is 19.5 Å². The summed E-state index contributed by atoms with van der Waals surface area (Å²) in [5.41, 5.74) is 4.15. The minimum absolute atomic E-state index is 0.0985. The van der Waals surface area contributed by atoms with Gasteiger partial charge in [-0.25, -0.2) is 4.79 Å². The number of imidazole rings is 1. The second-order valence-corrected chi connectivity index (χ2v) is 7.65. The number of amides is 1. The van der Waals surface area contributed by atoms with Crippen molar-refractivity contribution >= 4 is 28.3 Å². The fourth-order valence-corrected chi connectivity index (χ4v) is 3.72. The Morgan fingerprint density at radius 3 is 2.70 bits per heavy atom. The predicted molar refractivity (Wildman–Crippen MR) is 118 cm³/mol. The first kappa shape index (κ1) is 20.2. The van der Waals surface area contributed by atoms with Gasteiger partial charge in [0.15, 0.2) is 0 Å². The number of hydrogen-bond donors (Lipinski definition) is 3. The molecule has 0 spiro atoms. The third-order valence-corrected chi connectivity index (χ3v) is 5.59. The number of aromatic amines is 2. The number of nitrogens with zero attached hydrogens (tertiary/aromatic N) is 2. The van der Waals surface area contributed by atoms with Crippen LogP contribution in [0.5, 0.6) is 0 Å². The first-order valence-corrected chi connectivity index (χ1v) is 10.1. The first-order valence-electron chi connectivity index (χ1n) is 10.1. The molecule has 2 heterocycles. The summed E-state index contributed by atoms with van der Waals surface area (Å²) in [6, 6.07) is 13.3. The maximum absolute atomic E-state index is 12.8. The molecule has 2 aromatic carbocycles. The number of nitrogens with one attached hydrogen (secondary N) is 3. The van der Waals surface area contributed by atoms with Crippen molar-refractivity contribution in [2.75, 3.05) is 43.6 Å². The number of aromatic nitrogens is 2. The number of rotatable bonds is 6. The van der Waals surface area contributed by atoms with E-state index in [0.29, 0.717) is 23.3 Å². The number of likely N-dealkylation sites (N-methyl/N-ethyl adjacent to an activating group) is 1. The average molecular weight is 409 g/mol. The van der Waals surface area contributed by atoms with Crippen LogP contribution in [0.2, 0.25) is 0 Å². The molecule has 3 aromatic rings. The van der Waals surface area contributed by atoms with Gasteiger partial charge in [-0.15, -0.1) is 0 Å². The number of anilines is 2. The van der Waals surface area contributed by atoms with E-state index >= 15 is 0 Å². The molecular weight excluding hydrogens is 382 g/mol. The standard InChI is InChI=1S/C22H27N5O3/c1-15(21(28)23-17-7-8-18-19(13-17)25-22(29)24-18)26(2)14-16-5-3-4-6-20(16)27-9-11-30-12-10-27/h3-8,13,15H,9-12,14H2,1-2H3,(H,23,28)(H2,24,25,29). The second kappa shape index (κ2) is 8.73. The lowest BCUT2D eigenvalue weighted by atomic mass is 10.1. The van der Waals surface area contributed by atoms with Crippen LogP contribution in [0, 0.1) is 0 Å². The molecule has 1 aromatic heterocycles. The van der Waals surface area contributed by atoms with Crippen molar-refractivity contribution < 1.29 is 9.53 Å². The van der Waals surface area contributed by atoms with Crippen molar-refractivity contribution in [3.63, 3.8) is 0 Å². The summed E-state index contributed by atoms with van der Waals surface area (Å²) in [6.45, 7) is 5.77. The summed E-state index contributed by atoms with van der Waals surface area (Å²) in [5.74, 6) is -0.0985. The second-order valence-electron chi connectivity index (χ2n) is 7.65. The van der Waals surface area contributed by atoms with E-state index in [2.05, 4.69) is 32.3 Å². The molecule has 30 heavy (non-hydrogen) atoms. The zero-order valence-electron chi connectivity index (χ0n) is 17.3. The summed E-state index contributed by atoms with van der Waals surface area (Å²) in [6.07, 6.45) is 0. The Morgan fingerprint density at radius 1 is 1.17 bits per heavy atom. The largest absolute Gasteiger partial charge is 0.378 e. The van der Waals surface area contributed by atoms with Crippen LogP contribution < -0.4 is 15.9 Å². The number of morpholine rings is 1. The van der Waals surface area contributed by atoms with Gasteiger partial charge in [0, 0.05) is 31.0 Å². The van der Waals surface area contributed by atoms with Crippen LogP contribution in [0.4, 0.5) is 11.4 Å². The van der Waals surface area contributed by atoms with Crippen molar-refractivity contribution in [2.24, 2.45) is 0 Å². The van der Waals surface area contributed by atoms with Gasteiger partial charge in [0.25, 0.3) is 0 Å². The fraction of sp³-hybridized carbons (Fsp3) is 0.364. The summed E-state index contributed by atoms with van der Waals surface area (Å²) in [4.78, 5) is 34.0. The van der Waals surface area contributed by atoms with Gasteiger partial charge in [0.05, 0.1) is 30.3 Å². The van der Waals surface area contributed by atoms with Gasteiger partial charge < -0.3 is 24.9 Å². The Labute approximate surface area is 174 Å². The third-order valence-electron chi connectivity index (χ3n) is 5.59. The topological polar surface area (TPSA) is 93.5 Å². The van der Waals surface area contributed by atoms with Crippen molar-refractivity contribution in [1.29, 1.82) is 0 Å². The minimum atomic E-state index is -0.330. The summed E-state index contributed by atoms with van der Waals surface area (Å²) >= 11 is 0. The van der Waals surface area contributed by atoms with Crippen LogP contribution in [0.15, 0.2) is 47.3 Å². The molecular formula is C22H27N5O3. The van der Waals surface area contributed by atoms with Gasteiger partial charge in [-0.05, 0) is 43.8 Å². The predicted octanol–water partition coefficient (Wildman–Crippen LogP) is 2.15. The number of H-pyrrole nitrogens is 2. The Balaban J connectivity index is 1.43. The van der Waals surface area contributed by atoms with Crippen molar-refractivity contribution in [1.82, 2.24) is 14.9 Å². The van der Waals surface area contributed by atoms with E-state index in [4.69, 9.17) is 4.74 Å². The molecule has 3 N–H and O–H groups in total. The molecule has 0 aliphatic carbocycles. The molecule has 4 rings (SSSR count). The normalized spacial score (nSPS) is 15.5. The highest BCUT2D eigenvalue weighted by Crippen LogP contribution is 2.23. The van der Waals surface area contributed by atoms with E-state index in [9.17, 15) is 9.59 Å². The van der Waals surface area contributed by atoms with Crippen LogP contribution in [0.1, 0.15) is 12.5 Å². The number of ether oxygens (including phenoxy) is 1. The van der Waals surface area contributed by atoms with E-state index in [1.807, 2.05) is 31.0 Å². The zero-order valence-corrected chi connectivity index (χ0v) is 17.3. The average Bonchev–Trinajstić information content (AvgIpc) is 3.13. The monoisotopic (exact) mass is 409 g/mol. The molecule has 8 nitrogen and oxygen atoms in total. The fourth-order valence-electron chi connectivity index (χ4n) is 3.72. The quantitative estimate of drug-likeness (QED) is 0.580. The molecule has 158 valence electrons. The summed E-state index contributed by atoms with van der Waals surface area (Å²) < 4.78 is 5.47. The summed E-state index contributed by atoms with van der Waals surface area (Å²) in [5, 5.41) is 2.94. The van der Waals surface area contributed by atoms with Gasteiger partial charge in [-0.1, -0.05) is 18.2 Å². The van der Waals surface area contributed by atoms with Crippen LogP contribution >= 0.6 is 0 Å². The smallest absolute Gasteiger partial charge is 0.323 e. The lowest BCUT2D eigenvalue weighted by Crippen LogP contribution is -2.40. The number of fused-ring (bicyclic) bond motifs is 1. The van der Waals surface area contributed by atoms with E-state index in [1.165, 1.54) is 11.3 Å². The number of benzene rings is 2. The minimum Gasteiger partial charge on any atom is -0.378 e. The lowest BCUT2D eigenvalue weighted by Gasteiger charge is -2.32. The molecule has 8 heteroatoms. The Hall–Kier alpha value is -3.10. The Bertz CT molecular complexity index is 1080. The number of carbonyl (C=O) groups excluding carboxylic acids is 1. The molecule has 1 atom stereocenters. The molecule has 0 saturated carbocycles. The van der Waals surface area contributed by atoms with Crippen LogP contribution in [-0.4, -0.2) is 60.2 Å². The van der Waals surface area contributed by atoms with E-state index in [-0.39, 0.29) is 17.6 Å². The molecule has 0 radical (unpaired) electrons. The number of hydrogen-bond acceptors (Lipinski definition) is 5. The van der Waals surface area contributed by atoms with Crippen molar-refractivity contribution in [3.05, 3.63) is 58.5 Å². The molecule has 1 saturated heterocycles. The summed E-state index contributed by atoms with van der Waals surface area (Å²) in [7, 11) is 1.95.